The van der Waals surface area contributed by atoms with Crippen LogP contribution in [0.4, 0.5) is 0 Å². The average molecular weight is 231 g/mol. The quantitative estimate of drug-likeness (QED) is 0.722. The second-order valence-electron chi connectivity index (χ2n) is 3.76. The Kier molecular flexibility index (Phi) is 3.30. The molecule has 1 aliphatic heterocycles. The maximum Gasteiger partial charge on any atom is 0.264 e. The Morgan fingerprint density at radius 3 is 2.59 bits per heavy atom. The summed E-state index contributed by atoms with van der Waals surface area (Å²) < 4.78 is 0. The molecule has 0 radical (unpaired) electrons. The minimum atomic E-state index is -0.822. The van der Waals surface area contributed by atoms with Crippen molar-refractivity contribution in [2.24, 2.45) is 4.99 Å². The first kappa shape index (κ1) is 11.5. The average Bonchev–Trinajstić information content (AvgIpc) is 2.30. The summed E-state index contributed by atoms with van der Waals surface area (Å²) in [4.78, 5) is 27.5. The lowest BCUT2D eigenvalue weighted by molar-refractivity contribution is -0.129. The largest absolute Gasteiger partial charge is 0.313 e. The third-order valence-electron chi connectivity index (χ3n) is 2.50. The van der Waals surface area contributed by atoms with Crippen molar-refractivity contribution in [3.63, 3.8) is 0 Å². The molecule has 0 aliphatic carbocycles. The van der Waals surface area contributed by atoms with Gasteiger partial charge in [-0.05, 0) is 12.6 Å². The van der Waals surface area contributed by atoms with E-state index in [1.165, 1.54) is 0 Å². The fourth-order valence-electron chi connectivity index (χ4n) is 1.74. The van der Waals surface area contributed by atoms with Gasteiger partial charge in [0.05, 0.1) is 6.54 Å². The summed E-state index contributed by atoms with van der Waals surface area (Å²) in [6.45, 7) is 0.374. The molecule has 5 heteroatoms. The maximum atomic E-state index is 11.8. The number of carbonyl (C=O) groups is 2. The summed E-state index contributed by atoms with van der Waals surface area (Å²) >= 11 is 0. The molecule has 1 aromatic rings. The molecule has 88 valence electrons. The molecule has 0 saturated heterocycles. The van der Waals surface area contributed by atoms with Crippen molar-refractivity contribution in [2.45, 2.75) is 5.92 Å². The Labute approximate surface area is 98.9 Å². The number of carbonyl (C=O) groups excluding carboxylic acids is 2. The number of nitrogens with zero attached hydrogens (tertiary/aromatic N) is 1. The summed E-state index contributed by atoms with van der Waals surface area (Å²) in [5, 5.41) is 5.46. The second-order valence-corrected chi connectivity index (χ2v) is 3.76. The number of likely N-dealkylation sites (N-methyl/N-ethyl adjacent to an activating group) is 1. The van der Waals surface area contributed by atoms with Crippen LogP contribution in [0.3, 0.4) is 0 Å². The fraction of sp³-hybridized carbons (Fsp3) is 0.250. The molecule has 1 atom stereocenters. The monoisotopic (exact) mass is 231 g/mol. The number of rotatable bonds is 3. The highest BCUT2D eigenvalue weighted by Gasteiger charge is 2.32. The van der Waals surface area contributed by atoms with Crippen molar-refractivity contribution < 1.29 is 9.59 Å². The number of hydrogen-bond donors (Lipinski definition) is 2. The number of amides is 2. The van der Waals surface area contributed by atoms with Gasteiger partial charge in [0.15, 0.2) is 0 Å². The van der Waals surface area contributed by atoms with Crippen molar-refractivity contribution in [3.8, 4) is 0 Å². The topological polar surface area (TPSA) is 70.6 Å². The molecule has 1 unspecified atom stereocenters. The highest BCUT2D eigenvalue weighted by molar-refractivity contribution is 6.19. The summed E-state index contributed by atoms with van der Waals surface area (Å²) in [5.41, 5.74) is 0.669. The van der Waals surface area contributed by atoms with Crippen LogP contribution in [-0.4, -0.2) is 31.2 Å². The number of aliphatic imine (C=N–C) groups is 1. The first-order valence-electron chi connectivity index (χ1n) is 5.34. The minimum absolute atomic E-state index is 0.318. The van der Waals surface area contributed by atoms with E-state index < -0.39 is 11.8 Å². The molecule has 0 saturated carbocycles. The lowest BCUT2D eigenvalue weighted by atomic mass is 9.96. The Hall–Kier alpha value is -2.01. The van der Waals surface area contributed by atoms with E-state index in [2.05, 4.69) is 15.6 Å². The van der Waals surface area contributed by atoms with Gasteiger partial charge in [-0.1, -0.05) is 30.3 Å². The molecule has 1 aliphatic rings. The number of benzene rings is 1. The zero-order valence-corrected chi connectivity index (χ0v) is 9.43. The van der Waals surface area contributed by atoms with Gasteiger partial charge in [0.1, 0.15) is 11.8 Å². The maximum absolute atomic E-state index is 11.8. The second kappa shape index (κ2) is 4.88. The molecule has 2 N–H and O–H groups in total. The predicted molar refractivity (Wildman–Crippen MR) is 63.7 cm³/mol. The molecule has 17 heavy (non-hydrogen) atoms. The van der Waals surface area contributed by atoms with E-state index in [-0.39, 0.29) is 5.91 Å². The van der Waals surface area contributed by atoms with Crippen LogP contribution >= 0.6 is 0 Å². The Morgan fingerprint density at radius 1 is 1.29 bits per heavy atom. The van der Waals surface area contributed by atoms with Gasteiger partial charge in [-0.2, -0.15) is 4.99 Å². The molecule has 0 fully saturated rings. The number of hydrogen-bond acceptors (Lipinski definition) is 3. The van der Waals surface area contributed by atoms with E-state index in [1.807, 2.05) is 6.07 Å². The molecule has 1 heterocycles. The third-order valence-corrected chi connectivity index (χ3v) is 2.50. The van der Waals surface area contributed by atoms with E-state index in [9.17, 15) is 9.59 Å². The molecular formula is C12H13N3O2. The standard InChI is InChI=1S/C12H13N3O2/c1-13-7-9-14-11(16)10(12(17)15-9)8-5-3-2-4-6-8/h2-6,10,13H,7H2,1H3,(H,14,15,16,17). The minimum Gasteiger partial charge on any atom is -0.313 e. The Balaban J connectivity index is 2.27. The molecule has 0 spiro atoms. The summed E-state index contributed by atoms with van der Waals surface area (Å²) in [7, 11) is 1.72. The van der Waals surface area contributed by atoms with Crippen LogP contribution in [0.15, 0.2) is 35.3 Å². The lowest BCUT2D eigenvalue weighted by Crippen LogP contribution is -2.46. The number of amidine groups is 1. The zero-order valence-electron chi connectivity index (χ0n) is 9.43. The lowest BCUT2D eigenvalue weighted by Gasteiger charge is -2.20. The van der Waals surface area contributed by atoms with Crippen molar-refractivity contribution in [3.05, 3.63) is 35.9 Å². The third kappa shape index (κ3) is 2.39. The van der Waals surface area contributed by atoms with Gasteiger partial charge in [-0.15, -0.1) is 0 Å². The summed E-state index contributed by atoms with van der Waals surface area (Å²) in [6.07, 6.45) is 0. The van der Waals surface area contributed by atoms with Gasteiger partial charge < -0.3 is 10.6 Å². The van der Waals surface area contributed by atoms with Crippen LogP contribution in [0.1, 0.15) is 11.5 Å². The highest BCUT2D eigenvalue weighted by atomic mass is 16.2. The molecule has 5 nitrogen and oxygen atoms in total. The molecule has 1 aromatic carbocycles. The van der Waals surface area contributed by atoms with E-state index in [4.69, 9.17) is 0 Å². The van der Waals surface area contributed by atoms with Crippen molar-refractivity contribution in [1.29, 1.82) is 0 Å². The van der Waals surface area contributed by atoms with Gasteiger partial charge in [0.25, 0.3) is 5.91 Å². The van der Waals surface area contributed by atoms with E-state index in [0.29, 0.717) is 17.9 Å². The highest BCUT2D eigenvalue weighted by Crippen LogP contribution is 2.19. The summed E-state index contributed by atoms with van der Waals surface area (Å²) in [5.74, 6) is -1.18. The van der Waals surface area contributed by atoms with Crippen LogP contribution in [0.2, 0.25) is 0 Å². The van der Waals surface area contributed by atoms with E-state index in [0.717, 1.165) is 0 Å². The van der Waals surface area contributed by atoms with Crippen LogP contribution < -0.4 is 10.6 Å². The smallest absolute Gasteiger partial charge is 0.264 e. The van der Waals surface area contributed by atoms with Crippen LogP contribution in [0, 0.1) is 0 Å². The van der Waals surface area contributed by atoms with Crippen molar-refractivity contribution in [2.75, 3.05) is 13.6 Å². The van der Waals surface area contributed by atoms with Crippen LogP contribution in [0.25, 0.3) is 0 Å². The molecule has 0 aromatic heterocycles. The van der Waals surface area contributed by atoms with Gasteiger partial charge in [0.2, 0.25) is 5.91 Å². The Morgan fingerprint density at radius 2 is 2.00 bits per heavy atom. The van der Waals surface area contributed by atoms with Gasteiger partial charge >= 0.3 is 0 Å². The van der Waals surface area contributed by atoms with Crippen LogP contribution in [-0.2, 0) is 9.59 Å². The molecular weight excluding hydrogens is 218 g/mol. The normalized spacial score (nSPS) is 19.8. The van der Waals surface area contributed by atoms with E-state index in [1.54, 1.807) is 31.3 Å². The SMILES string of the molecule is CNCC1=NC(=O)C(c2ccccc2)C(=O)N1. The summed E-state index contributed by atoms with van der Waals surface area (Å²) in [6, 6.07) is 8.93. The van der Waals surface area contributed by atoms with E-state index >= 15 is 0 Å². The molecule has 2 rings (SSSR count). The Bertz CT molecular complexity index is 468. The van der Waals surface area contributed by atoms with Gasteiger partial charge in [0, 0.05) is 0 Å². The van der Waals surface area contributed by atoms with Crippen molar-refractivity contribution in [1.82, 2.24) is 10.6 Å². The first-order valence-corrected chi connectivity index (χ1v) is 5.34. The molecule has 2 amide bonds. The van der Waals surface area contributed by atoms with Gasteiger partial charge in [-0.25, -0.2) is 0 Å². The van der Waals surface area contributed by atoms with Crippen molar-refractivity contribution >= 4 is 17.6 Å². The number of nitrogens with one attached hydrogen (secondary N) is 2. The van der Waals surface area contributed by atoms with Crippen LogP contribution in [0.5, 0.6) is 0 Å². The first-order chi connectivity index (χ1) is 8.22. The predicted octanol–water partition coefficient (Wildman–Crippen LogP) is 0.0445. The zero-order chi connectivity index (χ0) is 12.3. The van der Waals surface area contributed by atoms with Gasteiger partial charge in [-0.3, -0.25) is 9.59 Å². The fourth-order valence-corrected chi connectivity index (χ4v) is 1.74. The molecule has 0 bridgehead atoms.